The van der Waals surface area contributed by atoms with E-state index in [1.165, 1.54) is 56.5 Å². The molecular formula is C46H48O. The second kappa shape index (κ2) is 17.1. The monoisotopic (exact) mass is 616 g/mol. The van der Waals surface area contributed by atoms with Crippen molar-refractivity contribution in [3.05, 3.63) is 178 Å². The van der Waals surface area contributed by atoms with Gasteiger partial charge in [-0.3, -0.25) is 4.79 Å². The van der Waals surface area contributed by atoms with Gasteiger partial charge in [-0.15, -0.1) is 0 Å². The van der Waals surface area contributed by atoms with Crippen LogP contribution in [0.25, 0.3) is 33.4 Å². The fourth-order valence-electron chi connectivity index (χ4n) is 5.93. The zero-order valence-corrected chi connectivity index (χ0v) is 29.1. The molecule has 0 bridgehead atoms. The first-order chi connectivity index (χ1) is 22.9. The smallest absolute Gasteiger partial charge is 0.193 e. The summed E-state index contributed by atoms with van der Waals surface area (Å²) in [7, 11) is 0. The molecule has 0 atom stereocenters. The van der Waals surface area contributed by atoms with Gasteiger partial charge >= 0.3 is 0 Å². The van der Waals surface area contributed by atoms with E-state index in [1.54, 1.807) is 0 Å². The van der Waals surface area contributed by atoms with Gasteiger partial charge in [0.05, 0.1) is 0 Å². The van der Waals surface area contributed by atoms with Crippen molar-refractivity contribution < 1.29 is 4.79 Å². The average Bonchev–Trinajstić information content (AvgIpc) is 3.11. The van der Waals surface area contributed by atoms with Crippen LogP contribution in [0.2, 0.25) is 0 Å². The second-order valence-corrected chi connectivity index (χ2v) is 11.8. The van der Waals surface area contributed by atoms with E-state index in [0.717, 1.165) is 23.1 Å². The molecule has 6 aromatic rings. The minimum atomic E-state index is 0.0573. The fourth-order valence-corrected chi connectivity index (χ4v) is 5.93. The van der Waals surface area contributed by atoms with Crippen LogP contribution in [0.15, 0.2) is 140 Å². The van der Waals surface area contributed by atoms with Gasteiger partial charge in [0.25, 0.3) is 0 Å². The van der Waals surface area contributed by atoms with Crippen molar-refractivity contribution in [3.63, 3.8) is 0 Å². The van der Waals surface area contributed by atoms with Crippen molar-refractivity contribution in [2.75, 3.05) is 0 Å². The van der Waals surface area contributed by atoms with Crippen LogP contribution in [-0.2, 0) is 6.42 Å². The van der Waals surface area contributed by atoms with Crippen molar-refractivity contribution in [1.29, 1.82) is 0 Å². The van der Waals surface area contributed by atoms with Crippen molar-refractivity contribution in [3.8, 4) is 33.4 Å². The molecule has 0 fully saturated rings. The first-order valence-electron chi connectivity index (χ1n) is 16.9. The normalized spacial score (nSPS) is 10.3. The van der Waals surface area contributed by atoms with Gasteiger partial charge in [-0.1, -0.05) is 172 Å². The van der Waals surface area contributed by atoms with E-state index in [2.05, 4.69) is 119 Å². The molecule has 0 heterocycles. The maximum atomic E-state index is 12.7. The number of ketones is 1. The second-order valence-electron chi connectivity index (χ2n) is 11.8. The lowest BCUT2D eigenvalue weighted by atomic mass is 9.90. The number of aryl methyl sites for hydroxylation is 4. The van der Waals surface area contributed by atoms with Gasteiger partial charge in [-0.05, 0) is 89.8 Å². The Balaban J connectivity index is 0.000000235. The molecule has 0 aliphatic rings. The molecule has 238 valence electrons. The number of rotatable bonds is 7. The number of hydrogen-bond acceptors (Lipinski definition) is 1. The number of carbonyl (C=O) groups excluding carboxylic acids is 1. The SMILES string of the molecule is CC.CCCc1ccccc1-c1ccccc1C.Cc1ccc(C(=O)c2ccc(-c3cccc(-c4ccccc4C)c3C)cc2)cc1. The Morgan fingerprint density at radius 3 is 1.47 bits per heavy atom. The molecule has 0 saturated heterocycles. The van der Waals surface area contributed by atoms with Gasteiger partial charge in [-0.25, -0.2) is 0 Å². The Kier molecular flexibility index (Phi) is 12.7. The summed E-state index contributed by atoms with van der Waals surface area (Å²) in [6, 6.07) is 47.9. The van der Waals surface area contributed by atoms with Gasteiger partial charge in [0.1, 0.15) is 0 Å². The first-order valence-corrected chi connectivity index (χ1v) is 16.9. The Morgan fingerprint density at radius 2 is 0.915 bits per heavy atom. The highest BCUT2D eigenvalue weighted by atomic mass is 16.1. The van der Waals surface area contributed by atoms with E-state index in [-0.39, 0.29) is 5.78 Å². The zero-order valence-electron chi connectivity index (χ0n) is 29.1. The first kappa shape index (κ1) is 34.9. The van der Waals surface area contributed by atoms with E-state index in [4.69, 9.17) is 0 Å². The quantitative estimate of drug-likeness (QED) is 0.163. The lowest BCUT2D eigenvalue weighted by Gasteiger charge is -2.14. The summed E-state index contributed by atoms with van der Waals surface area (Å²) in [4.78, 5) is 12.7. The van der Waals surface area contributed by atoms with Crippen LogP contribution >= 0.6 is 0 Å². The minimum Gasteiger partial charge on any atom is -0.289 e. The van der Waals surface area contributed by atoms with E-state index in [9.17, 15) is 4.79 Å². The summed E-state index contributed by atoms with van der Waals surface area (Å²) in [5.74, 6) is 0.0573. The third-order valence-electron chi connectivity index (χ3n) is 8.51. The third kappa shape index (κ3) is 8.63. The Hall–Kier alpha value is -5.01. The molecule has 0 spiro atoms. The zero-order chi connectivity index (χ0) is 33.8. The van der Waals surface area contributed by atoms with Crippen molar-refractivity contribution in [1.82, 2.24) is 0 Å². The molecule has 0 N–H and O–H groups in total. The summed E-state index contributed by atoms with van der Waals surface area (Å²) < 4.78 is 0. The molecule has 0 aliphatic heterocycles. The number of hydrogen-bond donors (Lipinski definition) is 0. The van der Waals surface area contributed by atoms with Gasteiger partial charge < -0.3 is 0 Å². The van der Waals surface area contributed by atoms with Gasteiger partial charge in [0.2, 0.25) is 0 Å². The maximum absolute atomic E-state index is 12.7. The van der Waals surface area contributed by atoms with Crippen LogP contribution in [-0.4, -0.2) is 5.78 Å². The molecule has 6 rings (SSSR count). The minimum absolute atomic E-state index is 0.0573. The predicted octanol–water partition coefficient (Wildman–Crippen LogP) is 12.8. The van der Waals surface area contributed by atoms with Crippen LogP contribution < -0.4 is 0 Å². The molecule has 0 amide bonds. The molecule has 6 aromatic carbocycles. The number of carbonyl (C=O) groups is 1. The van der Waals surface area contributed by atoms with Gasteiger partial charge in [0, 0.05) is 11.1 Å². The standard InChI is InChI=1S/C28H24O.C16H18.C2H6/c1-19-11-13-23(14-12-19)28(29)24-17-15-22(16-18-24)26-9-6-10-27(21(26)3)25-8-5-4-7-20(25)2;1-3-8-14-10-5-7-12-16(14)15-11-6-4-9-13(15)2;1-2/h4-18H,1-3H3;4-7,9-12H,3,8H2,1-2H3;1-2H3. The lowest BCUT2D eigenvalue weighted by Crippen LogP contribution is -2.01. The molecule has 1 heteroatoms. The molecule has 0 unspecified atom stereocenters. The molecular weight excluding hydrogens is 569 g/mol. The Bertz CT molecular complexity index is 1890. The molecule has 1 nitrogen and oxygen atoms in total. The van der Waals surface area contributed by atoms with Gasteiger partial charge in [0.15, 0.2) is 5.78 Å². The maximum Gasteiger partial charge on any atom is 0.193 e. The van der Waals surface area contributed by atoms with Crippen LogP contribution in [0.5, 0.6) is 0 Å². The highest BCUT2D eigenvalue weighted by molar-refractivity contribution is 6.09. The lowest BCUT2D eigenvalue weighted by molar-refractivity contribution is 0.103. The molecule has 0 aromatic heterocycles. The summed E-state index contributed by atoms with van der Waals surface area (Å²) in [6.45, 7) is 14.7. The number of benzene rings is 6. The van der Waals surface area contributed by atoms with E-state index >= 15 is 0 Å². The van der Waals surface area contributed by atoms with Crippen LogP contribution in [0, 0.1) is 27.7 Å². The van der Waals surface area contributed by atoms with Crippen LogP contribution in [0.4, 0.5) is 0 Å². The largest absolute Gasteiger partial charge is 0.289 e. The average molecular weight is 617 g/mol. The Morgan fingerprint density at radius 1 is 0.468 bits per heavy atom. The van der Waals surface area contributed by atoms with Crippen molar-refractivity contribution >= 4 is 5.78 Å². The molecule has 47 heavy (non-hydrogen) atoms. The van der Waals surface area contributed by atoms with E-state index in [1.807, 2.05) is 69.3 Å². The topological polar surface area (TPSA) is 17.1 Å². The highest BCUT2D eigenvalue weighted by Gasteiger charge is 2.12. The van der Waals surface area contributed by atoms with Crippen molar-refractivity contribution in [2.45, 2.75) is 61.3 Å². The summed E-state index contributed by atoms with van der Waals surface area (Å²) in [5, 5.41) is 0. The van der Waals surface area contributed by atoms with Crippen LogP contribution in [0.1, 0.15) is 70.9 Å². The van der Waals surface area contributed by atoms with E-state index < -0.39 is 0 Å². The van der Waals surface area contributed by atoms with Crippen molar-refractivity contribution in [2.24, 2.45) is 0 Å². The Labute approximate surface area is 283 Å². The molecule has 0 aliphatic carbocycles. The summed E-state index contributed by atoms with van der Waals surface area (Å²) in [5.41, 5.74) is 15.5. The van der Waals surface area contributed by atoms with Crippen LogP contribution in [0.3, 0.4) is 0 Å². The molecule has 0 saturated carbocycles. The third-order valence-corrected chi connectivity index (χ3v) is 8.51. The summed E-state index contributed by atoms with van der Waals surface area (Å²) >= 11 is 0. The van der Waals surface area contributed by atoms with Gasteiger partial charge in [-0.2, -0.15) is 0 Å². The highest BCUT2D eigenvalue weighted by Crippen LogP contribution is 2.33. The van der Waals surface area contributed by atoms with E-state index in [0.29, 0.717) is 5.56 Å². The molecule has 0 radical (unpaired) electrons. The fraction of sp³-hybridized carbons (Fsp3) is 0.196. The summed E-state index contributed by atoms with van der Waals surface area (Å²) in [6.07, 6.45) is 2.35. The predicted molar refractivity (Wildman–Crippen MR) is 203 cm³/mol.